The minimum absolute atomic E-state index is 0.0652. The average Bonchev–Trinajstić information content (AvgIpc) is 2.52. The molecule has 2 amide bonds. The molecule has 0 spiro atoms. The maximum atomic E-state index is 12.6. The molecule has 114 valence electrons. The average molecular weight is 290 g/mol. The molecule has 0 saturated heterocycles. The molecule has 1 unspecified atom stereocenters. The summed E-state index contributed by atoms with van der Waals surface area (Å²) in [6.45, 7) is 3.82. The number of carbonyl (C=O) groups excluding carboxylic acids is 2. The van der Waals surface area contributed by atoms with Gasteiger partial charge in [-0.1, -0.05) is 13.0 Å². The number of rotatable bonds is 4. The number of benzene rings is 1. The number of anilines is 2. The number of nitrogens with one attached hydrogen (secondary N) is 3. The van der Waals surface area contributed by atoms with E-state index in [1.165, 1.54) is 0 Å². The molecule has 6 heteroatoms. The Morgan fingerprint density at radius 3 is 2.76 bits per heavy atom. The van der Waals surface area contributed by atoms with Crippen LogP contribution in [0.2, 0.25) is 0 Å². The highest BCUT2D eigenvalue weighted by atomic mass is 16.2. The van der Waals surface area contributed by atoms with Crippen LogP contribution in [-0.2, 0) is 4.79 Å². The van der Waals surface area contributed by atoms with Crippen molar-refractivity contribution in [1.82, 2.24) is 10.2 Å². The highest BCUT2D eigenvalue weighted by molar-refractivity contribution is 6.02. The Kier molecular flexibility index (Phi) is 4.67. The zero-order chi connectivity index (χ0) is 15.4. The summed E-state index contributed by atoms with van der Waals surface area (Å²) in [5.41, 5.74) is 2.42. The lowest BCUT2D eigenvalue weighted by atomic mass is 10.1. The summed E-state index contributed by atoms with van der Waals surface area (Å²) in [6, 6.07) is 5.62. The van der Waals surface area contributed by atoms with Gasteiger partial charge in [0.2, 0.25) is 5.91 Å². The quantitative estimate of drug-likeness (QED) is 0.773. The van der Waals surface area contributed by atoms with Crippen LogP contribution in [0.1, 0.15) is 17.3 Å². The van der Waals surface area contributed by atoms with Gasteiger partial charge in [0.05, 0.1) is 22.9 Å². The fraction of sp³-hybridized carbons (Fsp3) is 0.467. The van der Waals surface area contributed by atoms with Crippen molar-refractivity contribution >= 4 is 23.2 Å². The number of carbonyl (C=O) groups is 2. The minimum Gasteiger partial charge on any atom is -0.382 e. The summed E-state index contributed by atoms with van der Waals surface area (Å²) >= 11 is 0. The zero-order valence-electron chi connectivity index (χ0n) is 12.7. The van der Waals surface area contributed by atoms with Gasteiger partial charge in [0, 0.05) is 33.7 Å². The van der Waals surface area contributed by atoms with Gasteiger partial charge < -0.3 is 20.9 Å². The molecule has 0 radical (unpaired) electrons. The molecule has 2 rings (SSSR count). The van der Waals surface area contributed by atoms with Crippen LogP contribution in [0, 0.1) is 5.92 Å². The molecule has 0 aromatic heterocycles. The number of para-hydroxylation sites is 1. The first kappa shape index (κ1) is 15.2. The Hall–Kier alpha value is -2.24. The summed E-state index contributed by atoms with van der Waals surface area (Å²) in [5, 5.41) is 9.13. The first-order chi connectivity index (χ1) is 10.0. The molecule has 1 aliphatic rings. The van der Waals surface area contributed by atoms with Crippen LogP contribution < -0.4 is 16.0 Å². The van der Waals surface area contributed by atoms with Crippen molar-refractivity contribution in [2.45, 2.75) is 6.92 Å². The summed E-state index contributed by atoms with van der Waals surface area (Å²) in [5.74, 6) is -0.391. The van der Waals surface area contributed by atoms with E-state index in [2.05, 4.69) is 16.0 Å². The number of hydrogen-bond acceptors (Lipinski definition) is 4. The molecule has 1 heterocycles. The highest BCUT2D eigenvalue weighted by Gasteiger charge is 2.22. The molecule has 3 N–H and O–H groups in total. The molecule has 0 saturated carbocycles. The largest absolute Gasteiger partial charge is 0.382 e. The van der Waals surface area contributed by atoms with Gasteiger partial charge in [-0.05, 0) is 12.1 Å². The van der Waals surface area contributed by atoms with E-state index in [-0.39, 0.29) is 17.7 Å². The molecule has 1 aromatic rings. The fourth-order valence-corrected chi connectivity index (χ4v) is 2.48. The van der Waals surface area contributed by atoms with Gasteiger partial charge in [0.1, 0.15) is 0 Å². The van der Waals surface area contributed by atoms with E-state index in [0.29, 0.717) is 12.1 Å². The van der Waals surface area contributed by atoms with E-state index < -0.39 is 0 Å². The van der Waals surface area contributed by atoms with Crippen molar-refractivity contribution in [3.05, 3.63) is 23.8 Å². The normalized spacial score (nSPS) is 14.2. The highest BCUT2D eigenvalue weighted by Crippen LogP contribution is 2.29. The number of fused-ring (bicyclic) bond motifs is 1. The van der Waals surface area contributed by atoms with E-state index in [1.54, 1.807) is 19.0 Å². The third-order valence-electron chi connectivity index (χ3n) is 3.63. The van der Waals surface area contributed by atoms with E-state index in [4.69, 9.17) is 0 Å². The fourth-order valence-electron chi connectivity index (χ4n) is 2.48. The molecule has 21 heavy (non-hydrogen) atoms. The summed E-state index contributed by atoms with van der Waals surface area (Å²) < 4.78 is 0. The predicted molar refractivity (Wildman–Crippen MR) is 83.6 cm³/mol. The third-order valence-corrected chi connectivity index (χ3v) is 3.63. The van der Waals surface area contributed by atoms with Crippen LogP contribution in [0.25, 0.3) is 0 Å². The molecule has 6 nitrogen and oxygen atoms in total. The predicted octanol–water partition coefficient (Wildman–Crippen LogP) is 0.978. The lowest BCUT2D eigenvalue weighted by Gasteiger charge is -2.25. The zero-order valence-corrected chi connectivity index (χ0v) is 12.7. The monoisotopic (exact) mass is 290 g/mol. The number of nitrogens with zero attached hydrogens (tertiary/aromatic N) is 1. The summed E-state index contributed by atoms with van der Waals surface area (Å²) in [4.78, 5) is 25.7. The minimum atomic E-state index is -0.241. The van der Waals surface area contributed by atoms with Crippen molar-refractivity contribution in [3.63, 3.8) is 0 Å². The van der Waals surface area contributed by atoms with Crippen molar-refractivity contribution < 1.29 is 9.59 Å². The molecular weight excluding hydrogens is 268 g/mol. The van der Waals surface area contributed by atoms with Crippen molar-refractivity contribution in [3.8, 4) is 0 Å². The van der Waals surface area contributed by atoms with Gasteiger partial charge in [-0.25, -0.2) is 0 Å². The molecule has 0 bridgehead atoms. The molecule has 1 atom stereocenters. The summed E-state index contributed by atoms with van der Waals surface area (Å²) in [7, 11) is 3.32. The van der Waals surface area contributed by atoms with Gasteiger partial charge in [-0.15, -0.1) is 0 Å². The molecular formula is C15H22N4O2. The SMILES string of the molecule is CNC(=O)C(C)CN(C)C(=O)c1cccc2c1NCCN2. The Bertz CT molecular complexity index is 544. The first-order valence-electron chi connectivity index (χ1n) is 7.12. The van der Waals surface area contributed by atoms with E-state index in [9.17, 15) is 9.59 Å². The first-order valence-corrected chi connectivity index (χ1v) is 7.12. The summed E-state index contributed by atoms with van der Waals surface area (Å²) in [6.07, 6.45) is 0. The van der Waals surface area contributed by atoms with Crippen LogP contribution >= 0.6 is 0 Å². The van der Waals surface area contributed by atoms with Crippen molar-refractivity contribution in [2.75, 3.05) is 44.4 Å². The smallest absolute Gasteiger partial charge is 0.255 e. The molecule has 1 aromatic carbocycles. The Labute approximate surface area is 124 Å². The maximum absolute atomic E-state index is 12.6. The van der Waals surface area contributed by atoms with Gasteiger partial charge in [0.15, 0.2) is 0 Å². The van der Waals surface area contributed by atoms with Crippen molar-refractivity contribution in [2.24, 2.45) is 5.92 Å². The molecule has 1 aliphatic heterocycles. The van der Waals surface area contributed by atoms with Crippen molar-refractivity contribution in [1.29, 1.82) is 0 Å². The van der Waals surface area contributed by atoms with E-state index in [1.807, 2.05) is 25.1 Å². The maximum Gasteiger partial charge on any atom is 0.255 e. The van der Waals surface area contributed by atoms with E-state index in [0.717, 1.165) is 24.5 Å². The van der Waals surface area contributed by atoms with Crippen LogP contribution in [0.3, 0.4) is 0 Å². The standard InChI is InChI=1S/C15H22N4O2/c1-10(14(20)16-2)9-19(3)15(21)11-5-4-6-12-13(11)18-8-7-17-12/h4-6,10,17-18H,7-9H2,1-3H3,(H,16,20). The Balaban J connectivity index is 2.14. The topological polar surface area (TPSA) is 73.5 Å². The van der Waals surface area contributed by atoms with Crippen LogP contribution in [-0.4, -0.2) is 50.4 Å². The number of hydrogen-bond donors (Lipinski definition) is 3. The second kappa shape index (κ2) is 6.47. The second-order valence-corrected chi connectivity index (χ2v) is 5.28. The lowest BCUT2D eigenvalue weighted by molar-refractivity contribution is -0.124. The van der Waals surface area contributed by atoms with Gasteiger partial charge >= 0.3 is 0 Å². The van der Waals surface area contributed by atoms with Gasteiger partial charge in [0.25, 0.3) is 5.91 Å². The molecule has 0 fully saturated rings. The van der Waals surface area contributed by atoms with Crippen LogP contribution in [0.15, 0.2) is 18.2 Å². The van der Waals surface area contributed by atoms with Gasteiger partial charge in [-0.2, -0.15) is 0 Å². The lowest BCUT2D eigenvalue weighted by Crippen LogP contribution is -2.37. The van der Waals surface area contributed by atoms with Crippen LogP contribution in [0.5, 0.6) is 0 Å². The Morgan fingerprint density at radius 1 is 1.33 bits per heavy atom. The Morgan fingerprint density at radius 2 is 2.05 bits per heavy atom. The molecule has 0 aliphatic carbocycles. The third kappa shape index (κ3) is 3.26. The van der Waals surface area contributed by atoms with E-state index >= 15 is 0 Å². The van der Waals surface area contributed by atoms with Crippen LogP contribution in [0.4, 0.5) is 11.4 Å². The number of amides is 2. The second-order valence-electron chi connectivity index (χ2n) is 5.28. The van der Waals surface area contributed by atoms with Gasteiger partial charge in [-0.3, -0.25) is 9.59 Å².